The molecule has 0 aliphatic carbocycles. The molecule has 0 spiro atoms. The van der Waals surface area contributed by atoms with Gasteiger partial charge in [-0.15, -0.1) is 10.2 Å². The molecule has 4 rings (SSSR count). The van der Waals surface area contributed by atoms with Crippen LogP contribution >= 0.6 is 0 Å². The van der Waals surface area contributed by atoms with Crippen LogP contribution in [0.1, 0.15) is 40.2 Å². The lowest BCUT2D eigenvalue weighted by molar-refractivity contribution is 0.0635. The van der Waals surface area contributed by atoms with Gasteiger partial charge in [0.2, 0.25) is 5.89 Å². The smallest absolute Gasteiger partial charge is 0.413 e. The molecule has 210 valence electrons. The minimum atomic E-state index is -3.41. The maximum absolute atomic E-state index is 12.6. The van der Waals surface area contributed by atoms with Crippen LogP contribution in [0.4, 0.5) is 10.6 Å². The lowest BCUT2D eigenvalue weighted by Crippen LogP contribution is -2.27. The Balaban J connectivity index is 1.72. The molecule has 0 radical (unpaired) electrons. The zero-order valence-corrected chi connectivity index (χ0v) is 24.2. The lowest BCUT2D eigenvalue weighted by atomic mass is 10.1. The zero-order chi connectivity index (χ0) is 29.1. The molecule has 0 fully saturated rings. The van der Waals surface area contributed by atoms with Crippen LogP contribution in [-0.4, -0.2) is 47.6 Å². The van der Waals surface area contributed by atoms with Crippen molar-refractivity contribution in [1.29, 1.82) is 0 Å². The molecule has 0 unspecified atom stereocenters. The van der Waals surface area contributed by atoms with Gasteiger partial charge in [0.05, 0.1) is 15.7 Å². The highest BCUT2D eigenvalue weighted by molar-refractivity contribution is 7.92. The molecule has 10 nitrogen and oxygen atoms in total. The average molecular weight is 564 g/mol. The van der Waals surface area contributed by atoms with Crippen LogP contribution in [0.25, 0.3) is 34.0 Å². The lowest BCUT2D eigenvalue weighted by Gasteiger charge is -2.20. The molecule has 2 aromatic heterocycles. The molecular weight excluding hydrogens is 530 g/mol. The molecule has 2 aromatic carbocycles. The molecule has 0 aliphatic heterocycles. The highest BCUT2D eigenvalue weighted by atomic mass is 32.2. The van der Waals surface area contributed by atoms with Crippen LogP contribution in [0, 0.1) is 0 Å². The Bertz CT molecular complexity index is 1590. The van der Waals surface area contributed by atoms with E-state index in [1.54, 1.807) is 71.1 Å². The Morgan fingerprint density at radius 2 is 1.57 bits per heavy atom. The third kappa shape index (κ3) is 6.72. The van der Waals surface area contributed by atoms with E-state index >= 15 is 0 Å². The number of aromatic nitrogens is 3. The van der Waals surface area contributed by atoms with Gasteiger partial charge in [-0.1, -0.05) is 24.3 Å². The Morgan fingerprint density at radius 3 is 2.17 bits per heavy atom. The first-order valence-electron chi connectivity index (χ1n) is 12.8. The molecular formula is C29H33N5O5S. The second kappa shape index (κ2) is 11.6. The number of nitrogens with one attached hydrogen (secondary N) is 2. The Morgan fingerprint density at radius 1 is 0.950 bits per heavy atom. The molecule has 1 amide bonds. The fourth-order valence-corrected chi connectivity index (χ4v) is 4.87. The topological polar surface area (TPSA) is 136 Å². The van der Waals surface area contributed by atoms with E-state index in [1.165, 1.54) is 0 Å². The Hall–Kier alpha value is -4.09. The number of carbonyl (C=O) groups excluding carboxylic acids is 1. The van der Waals surface area contributed by atoms with E-state index in [0.717, 1.165) is 23.2 Å². The molecule has 0 aliphatic rings. The maximum Gasteiger partial charge on any atom is 0.413 e. The monoisotopic (exact) mass is 563 g/mol. The summed E-state index contributed by atoms with van der Waals surface area (Å²) in [5, 5.41) is 13.7. The van der Waals surface area contributed by atoms with Crippen molar-refractivity contribution in [1.82, 2.24) is 20.5 Å². The summed E-state index contributed by atoms with van der Waals surface area (Å²) in [5.41, 5.74) is 2.91. The van der Waals surface area contributed by atoms with Crippen LogP contribution in [0.3, 0.4) is 0 Å². The minimum absolute atomic E-state index is 0.147. The SMILES string of the molecule is CNCc1ccc(-c2nnc(-c3cc(-c4ccc(S(=O)(=O)C(C)C)cc4)cnc3NC(=O)OC(C)(C)C)o2)cc1. The first-order valence-corrected chi connectivity index (χ1v) is 14.3. The number of hydrogen-bond donors (Lipinski definition) is 2. The molecule has 0 saturated carbocycles. The number of amides is 1. The van der Waals surface area contributed by atoms with Gasteiger partial charge in [-0.2, -0.15) is 0 Å². The van der Waals surface area contributed by atoms with Gasteiger partial charge in [0, 0.05) is 23.9 Å². The summed E-state index contributed by atoms with van der Waals surface area (Å²) in [5.74, 6) is 0.633. The molecule has 0 saturated heterocycles. The number of nitrogens with zero attached hydrogens (tertiary/aromatic N) is 3. The molecule has 11 heteroatoms. The third-order valence-electron chi connectivity index (χ3n) is 5.88. The van der Waals surface area contributed by atoms with Crippen molar-refractivity contribution < 1.29 is 22.4 Å². The Labute approximate surface area is 234 Å². The van der Waals surface area contributed by atoms with E-state index in [2.05, 4.69) is 25.8 Å². The van der Waals surface area contributed by atoms with Gasteiger partial charge in [0.15, 0.2) is 9.84 Å². The Kier molecular flexibility index (Phi) is 8.36. The van der Waals surface area contributed by atoms with Crippen molar-refractivity contribution in [2.24, 2.45) is 0 Å². The summed E-state index contributed by atoms with van der Waals surface area (Å²) >= 11 is 0. The van der Waals surface area contributed by atoms with Gasteiger partial charge in [-0.05, 0) is 83.1 Å². The van der Waals surface area contributed by atoms with E-state index in [9.17, 15) is 13.2 Å². The van der Waals surface area contributed by atoms with Crippen molar-refractivity contribution >= 4 is 21.7 Å². The number of hydrogen-bond acceptors (Lipinski definition) is 9. The van der Waals surface area contributed by atoms with Gasteiger partial charge in [-0.25, -0.2) is 18.2 Å². The number of sulfone groups is 1. The maximum atomic E-state index is 12.6. The summed E-state index contributed by atoms with van der Waals surface area (Å²) in [6.45, 7) is 9.31. The quantitative estimate of drug-likeness (QED) is 0.276. The number of anilines is 1. The van der Waals surface area contributed by atoms with Crippen molar-refractivity contribution in [3.05, 3.63) is 66.4 Å². The van der Waals surface area contributed by atoms with Gasteiger partial charge < -0.3 is 14.5 Å². The van der Waals surface area contributed by atoms with Gasteiger partial charge >= 0.3 is 6.09 Å². The predicted octanol–water partition coefficient (Wildman–Crippen LogP) is 5.71. The van der Waals surface area contributed by atoms with E-state index < -0.39 is 26.8 Å². The first-order chi connectivity index (χ1) is 18.9. The van der Waals surface area contributed by atoms with E-state index in [-0.39, 0.29) is 16.6 Å². The highest BCUT2D eigenvalue weighted by Crippen LogP contribution is 2.33. The summed E-state index contributed by atoms with van der Waals surface area (Å²) in [6.07, 6.45) is 0.886. The summed E-state index contributed by atoms with van der Waals surface area (Å²) < 4.78 is 36.5. The van der Waals surface area contributed by atoms with Crippen LogP contribution in [0.2, 0.25) is 0 Å². The van der Waals surface area contributed by atoms with Gasteiger partial charge in [0.1, 0.15) is 11.4 Å². The van der Waals surface area contributed by atoms with Crippen LogP contribution < -0.4 is 10.6 Å². The minimum Gasteiger partial charge on any atom is -0.444 e. The number of ether oxygens (including phenoxy) is 1. The van der Waals surface area contributed by atoms with Crippen molar-refractivity contribution in [3.63, 3.8) is 0 Å². The number of benzene rings is 2. The predicted molar refractivity (Wildman–Crippen MR) is 153 cm³/mol. The van der Waals surface area contributed by atoms with Crippen LogP contribution in [0.5, 0.6) is 0 Å². The second-order valence-corrected chi connectivity index (χ2v) is 13.0. The van der Waals surface area contributed by atoms with Crippen molar-refractivity contribution in [2.75, 3.05) is 12.4 Å². The average Bonchev–Trinajstić information content (AvgIpc) is 3.38. The highest BCUT2D eigenvalue weighted by Gasteiger charge is 2.22. The summed E-state index contributed by atoms with van der Waals surface area (Å²) in [6, 6.07) is 16.0. The molecule has 0 bridgehead atoms. The van der Waals surface area contributed by atoms with Crippen LogP contribution in [-0.2, 0) is 21.1 Å². The standard InChI is InChI=1S/C29H33N5O5S/c1-18(2)40(36,37)23-13-11-20(12-14-23)22-15-24(25(31-17-22)32-28(35)39-29(3,4)5)27-34-33-26(38-27)21-9-7-19(8-10-21)16-30-6/h7-15,17-18,30H,16H2,1-6H3,(H,31,32,35). The fraction of sp³-hybridized carbons (Fsp3) is 0.310. The van der Waals surface area contributed by atoms with E-state index in [0.29, 0.717) is 17.0 Å². The van der Waals surface area contributed by atoms with Crippen LogP contribution in [0.15, 0.2) is 70.1 Å². The summed E-state index contributed by atoms with van der Waals surface area (Å²) in [4.78, 5) is 17.3. The van der Waals surface area contributed by atoms with Gasteiger partial charge in [-0.3, -0.25) is 5.32 Å². The van der Waals surface area contributed by atoms with Crippen molar-refractivity contribution in [2.45, 2.75) is 56.9 Å². The number of carbonyl (C=O) groups is 1. The normalized spacial score (nSPS) is 12.0. The molecule has 4 aromatic rings. The first kappa shape index (κ1) is 28.9. The van der Waals surface area contributed by atoms with Crippen molar-refractivity contribution in [3.8, 4) is 34.0 Å². The fourth-order valence-electron chi connectivity index (χ4n) is 3.81. The van der Waals surface area contributed by atoms with E-state index in [1.807, 2.05) is 31.3 Å². The van der Waals surface area contributed by atoms with Gasteiger partial charge in [0.25, 0.3) is 5.89 Å². The second-order valence-electron chi connectivity index (χ2n) is 10.5. The molecule has 2 N–H and O–H groups in total. The van der Waals surface area contributed by atoms with E-state index in [4.69, 9.17) is 9.15 Å². The number of pyridine rings is 1. The summed E-state index contributed by atoms with van der Waals surface area (Å²) in [7, 11) is -1.53. The molecule has 0 atom stereocenters. The molecule has 2 heterocycles. The number of rotatable bonds is 8. The molecule has 40 heavy (non-hydrogen) atoms. The third-order valence-corrected chi connectivity index (χ3v) is 8.05. The largest absolute Gasteiger partial charge is 0.444 e. The zero-order valence-electron chi connectivity index (χ0n) is 23.3.